The molecule has 0 spiro atoms. The van der Waals surface area contributed by atoms with Crippen LogP contribution in [0.5, 0.6) is 0 Å². The second-order valence-corrected chi connectivity index (χ2v) is 22.2. The first-order valence-corrected chi connectivity index (χ1v) is 29.0. The Balaban J connectivity index is 0.926. The number of benzene rings is 7. The zero-order valence-electron chi connectivity index (χ0n) is 44.9. The smallest absolute Gasteiger partial charge is 0.186 e. The first-order valence-electron chi connectivity index (χ1n) is 27.7. The van der Waals surface area contributed by atoms with E-state index in [1.54, 1.807) is 7.11 Å². The van der Waals surface area contributed by atoms with Gasteiger partial charge in [-0.1, -0.05) is 235 Å². The topological polar surface area (TPSA) is 102 Å². The third kappa shape index (κ3) is 16.5. The van der Waals surface area contributed by atoms with Gasteiger partial charge < -0.3 is 52.1 Å². The maximum atomic E-state index is 7.34. The Bertz CT molecular complexity index is 2770. The van der Waals surface area contributed by atoms with Crippen LogP contribution in [-0.2, 0) is 98.4 Å². The zero-order valence-corrected chi connectivity index (χ0v) is 47.0. The van der Waals surface area contributed by atoms with Crippen LogP contribution >= 0.6 is 22.6 Å². The van der Waals surface area contributed by atoms with Crippen molar-refractivity contribution in [2.45, 2.75) is 143 Å². The van der Waals surface area contributed by atoms with Crippen LogP contribution in [-0.4, -0.2) is 91.1 Å². The lowest BCUT2D eigenvalue weighted by Crippen LogP contribution is -2.61. The summed E-state index contributed by atoms with van der Waals surface area (Å²) in [6, 6.07) is 71.5. The van der Waals surface area contributed by atoms with Crippen LogP contribution in [0.15, 0.2) is 212 Å². The van der Waals surface area contributed by atoms with Gasteiger partial charge in [0.25, 0.3) is 0 Å². The highest BCUT2D eigenvalue weighted by Gasteiger charge is 2.53. The standard InChI is InChI=1S/C67H73IO11/c1-69-67-66(76-46-54-35-21-8-22-36-54)65(75-45-53-33-19-7-20-34-53)61(71-41-49-25-11-3-12-26-49)58(79-67)38-55-37-56(68)57(77-55)39-59-62(72-42-50-27-13-4-14-28-50)64(74-44-52-31-17-6-18-32-52)63(73-43-51-29-15-5-16-30-51)60(78-59)47-70-40-48-23-9-2-10-24-48/h2-36,55-67H,37-47H2,1H3/t55-,56+,57-,58-,59-,60-,61-,62+,63-,64-,65+,66-,67+/m1/s1. The fourth-order valence-electron chi connectivity index (χ4n) is 10.8. The Hall–Kier alpha value is -5.17. The van der Waals surface area contributed by atoms with Crippen LogP contribution in [0, 0.1) is 0 Å². The van der Waals surface area contributed by atoms with Gasteiger partial charge in [0.2, 0.25) is 0 Å². The molecule has 13 atom stereocenters. The Morgan fingerprint density at radius 3 is 1.04 bits per heavy atom. The van der Waals surface area contributed by atoms with Gasteiger partial charge in [-0.2, -0.15) is 0 Å². The molecule has 3 aliphatic heterocycles. The fourth-order valence-corrected chi connectivity index (χ4v) is 11.9. The number of ether oxygens (including phenoxy) is 11. The molecule has 7 aromatic carbocycles. The molecular formula is C67H73IO11. The van der Waals surface area contributed by atoms with Crippen molar-refractivity contribution < 1.29 is 52.1 Å². The van der Waals surface area contributed by atoms with E-state index < -0.39 is 61.2 Å². The maximum absolute atomic E-state index is 7.34. The molecule has 10 rings (SSSR count). The fraction of sp³-hybridized carbons (Fsp3) is 0.373. The molecule has 3 saturated heterocycles. The van der Waals surface area contributed by atoms with Gasteiger partial charge in [0.15, 0.2) is 6.29 Å². The summed E-state index contributed by atoms with van der Waals surface area (Å²) < 4.78 is 76.3. The van der Waals surface area contributed by atoms with Crippen LogP contribution in [0.1, 0.15) is 58.2 Å². The predicted molar refractivity (Wildman–Crippen MR) is 311 cm³/mol. The molecule has 3 aliphatic rings. The summed E-state index contributed by atoms with van der Waals surface area (Å²) in [7, 11) is 1.66. The highest BCUT2D eigenvalue weighted by Crippen LogP contribution is 2.40. The quantitative estimate of drug-likeness (QED) is 0.0363. The van der Waals surface area contributed by atoms with Crippen LogP contribution in [0.25, 0.3) is 0 Å². The number of methoxy groups -OCH3 is 1. The van der Waals surface area contributed by atoms with Crippen molar-refractivity contribution in [1.29, 1.82) is 0 Å². The van der Waals surface area contributed by atoms with E-state index in [1.807, 2.05) is 127 Å². The minimum atomic E-state index is -0.747. The molecule has 414 valence electrons. The minimum Gasteiger partial charge on any atom is -0.374 e. The van der Waals surface area contributed by atoms with E-state index >= 15 is 0 Å². The number of halogens is 1. The van der Waals surface area contributed by atoms with Gasteiger partial charge in [-0.05, 0) is 45.4 Å². The van der Waals surface area contributed by atoms with Crippen molar-refractivity contribution in [2.24, 2.45) is 0 Å². The van der Waals surface area contributed by atoms with Gasteiger partial charge in [-0.15, -0.1) is 0 Å². The Kier molecular flexibility index (Phi) is 21.7. The van der Waals surface area contributed by atoms with Crippen molar-refractivity contribution >= 4 is 22.6 Å². The van der Waals surface area contributed by atoms with E-state index in [0.717, 1.165) is 45.4 Å². The molecule has 0 amide bonds. The summed E-state index contributed by atoms with van der Waals surface area (Å²) in [5.41, 5.74) is 7.34. The van der Waals surface area contributed by atoms with Crippen LogP contribution < -0.4 is 0 Å². The highest BCUT2D eigenvalue weighted by atomic mass is 127. The van der Waals surface area contributed by atoms with Gasteiger partial charge in [0, 0.05) is 23.9 Å². The number of hydrogen-bond donors (Lipinski definition) is 0. The Morgan fingerprint density at radius 1 is 0.342 bits per heavy atom. The molecule has 0 radical (unpaired) electrons. The normalized spacial score (nSPS) is 26.9. The molecule has 0 aliphatic carbocycles. The lowest BCUT2D eigenvalue weighted by Gasteiger charge is -2.47. The van der Waals surface area contributed by atoms with E-state index in [9.17, 15) is 0 Å². The summed E-state index contributed by atoms with van der Waals surface area (Å²) >= 11 is 2.57. The average molecular weight is 1180 g/mol. The van der Waals surface area contributed by atoms with Crippen molar-refractivity contribution in [1.82, 2.24) is 0 Å². The first-order chi connectivity index (χ1) is 39.0. The predicted octanol–water partition coefficient (Wildman–Crippen LogP) is 12.6. The first kappa shape index (κ1) is 57.1. The summed E-state index contributed by atoms with van der Waals surface area (Å²) in [5, 5.41) is 0. The SMILES string of the molecule is CO[C@H]1O[C@H](C[C@H]2C[C@H](I)[C@@H](C[C@H]3O[C@H](COCc4ccccc4)[C@@H](OCc4ccccc4)[C@H](OCc4ccccc4)[C@H]3OCc3ccccc3)O2)[C@@H](OCc2ccccc2)[C@H](OCc2ccccc2)[C@H]1OCc1ccccc1. The third-order valence-corrected chi connectivity index (χ3v) is 16.2. The minimum absolute atomic E-state index is 0.127. The molecule has 0 bridgehead atoms. The monoisotopic (exact) mass is 1180 g/mol. The Labute approximate surface area is 479 Å². The van der Waals surface area contributed by atoms with Gasteiger partial charge in [-0.3, -0.25) is 0 Å². The van der Waals surface area contributed by atoms with Crippen molar-refractivity contribution in [3.8, 4) is 0 Å². The Morgan fingerprint density at radius 2 is 0.658 bits per heavy atom. The summed E-state index contributed by atoms with van der Waals surface area (Å²) in [4.78, 5) is 0. The molecule has 12 heteroatoms. The van der Waals surface area contributed by atoms with Crippen molar-refractivity contribution in [3.63, 3.8) is 0 Å². The molecule has 0 unspecified atom stereocenters. The van der Waals surface area contributed by atoms with Crippen LogP contribution in [0.3, 0.4) is 0 Å². The molecule has 3 heterocycles. The summed E-state index contributed by atoms with van der Waals surface area (Å²) in [5.74, 6) is 0. The van der Waals surface area contributed by atoms with Crippen molar-refractivity contribution in [2.75, 3.05) is 13.7 Å². The van der Waals surface area contributed by atoms with Gasteiger partial charge in [0.1, 0.15) is 42.7 Å². The average Bonchev–Trinajstić information content (AvgIpc) is 3.98. The lowest BCUT2D eigenvalue weighted by molar-refractivity contribution is -0.321. The third-order valence-electron chi connectivity index (χ3n) is 14.9. The molecule has 11 nitrogen and oxygen atoms in total. The summed E-state index contributed by atoms with van der Waals surface area (Å²) in [6.07, 6.45) is -4.12. The van der Waals surface area contributed by atoms with E-state index in [0.29, 0.717) is 59.1 Å². The van der Waals surface area contributed by atoms with Gasteiger partial charge >= 0.3 is 0 Å². The second-order valence-electron chi connectivity index (χ2n) is 20.6. The number of hydrogen-bond acceptors (Lipinski definition) is 11. The maximum Gasteiger partial charge on any atom is 0.186 e. The largest absolute Gasteiger partial charge is 0.374 e. The van der Waals surface area contributed by atoms with E-state index in [1.165, 1.54) is 0 Å². The molecular weight excluding hydrogens is 1110 g/mol. The van der Waals surface area contributed by atoms with Crippen LogP contribution in [0.4, 0.5) is 0 Å². The molecule has 0 aromatic heterocycles. The molecule has 3 fully saturated rings. The van der Waals surface area contributed by atoms with E-state index in [4.69, 9.17) is 52.1 Å². The zero-order chi connectivity index (χ0) is 53.9. The van der Waals surface area contributed by atoms with Crippen molar-refractivity contribution in [3.05, 3.63) is 251 Å². The van der Waals surface area contributed by atoms with Crippen LogP contribution in [0.2, 0.25) is 0 Å². The molecule has 0 saturated carbocycles. The lowest BCUT2D eigenvalue weighted by atomic mass is 9.90. The molecule has 0 N–H and O–H groups in total. The van der Waals surface area contributed by atoms with E-state index in [2.05, 4.69) is 108 Å². The highest BCUT2D eigenvalue weighted by molar-refractivity contribution is 14.1. The van der Waals surface area contributed by atoms with Gasteiger partial charge in [0.05, 0.1) is 77.3 Å². The molecule has 79 heavy (non-hydrogen) atoms. The second kappa shape index (κ2) is 30.0. The van der Waals surface area contributed by atoms with E-state index in [-0.39, 0.29) is 22.7 Å². The number of rotatable bonds is 27. The van der Waals surface area contributed by atoms with Gasteiger partial charge in [-0.25, -0.2) is 0 Å². The molecule has 7 aromatic rings. The number of alkyl halides is 1. The summed E-state index contributed by atoms with van der Waals surface area (Å²) in [6.45, 7) is 2.81.